The van der Waals surface area contributed by atoms with E-state index < -0.39 is 11.7 Å². The lowest BCUT2D eigenvalue weighted by Crippen LogP contribution is -2.14. The molecule has 2 aromatic carbocycles. The summed E-state index contributed by atoms with van der Waals surface area (Å²) in [6.07, 6.45) is 2.84. The van der Waals surface area contributed by atoms with Crippen LogP contribution in [-0.4, -0.2) is 12.5 Å². The Bertz CT molecular complexity index is 897. The van der Waals surface area contributed by atoms with Crippen molar-refractivity contribution in [2.24, 2.45) is 0 Å². The van der Waals surface area contributed by atoms with Gasteiger partial charge in [0, 0.05) is 0 Å². The largest absolute Gasteiger partial charge is 0.486 e. The first-order chi connectivity index (χ1) is 12.5. The summed E-state index contributed by atoms with van der Waals surface area (Å²) in [5.41, 5.74) is 0.161. The normalized spacial score (nSPS) is 10.8. The van der Waals surface area contributed by atoms with Crippen molar-refractivity contribution in [1.29, 1.82) is 5.26 Å². The minimum Gasteiger partial charge on any atom is -0.486 e. The fourth-order valence-electron chi connectivity index (χ4n) is 2.01. The summed E-state index contributed by atoms with van der Waals surface area (Å²) in [6.45, 7) is 3.76. The molecular weight excluding hydrogens is 378 g/mol. The van der Waals surface area contributed by atoms with Crippen molar-refractivity contribution >= 4 is 40.9 Å². The molecule has 0 bridgehead atoms. The lowest BCUT2D eigenvalue weighted by molar-refractivity contribution is -0.112. The Labute approximate surface area is 160 Å². The van der Waals surface area contributed by atoms with Crippen molar-refractivity contribution in [2.75, 3.05) is 11.9 Å². The SMILES string of the molecule is C=CCOc1c(Cl)cc(/C=C(\C#N)C(=O)Nc2ccccc2F)cc1Cl. The maximum absolute atomic E-state index is 13.6. The Morgan fingerprint density at radius 3 is 2.54 bits per heavy atom. The summed E-state index contributed by atoms with van der Waals surface area (Å²) in [5.74, 6) is -1.08. The Hall–Kier alpha value is -2.81. The number of nitriles is 1. The van der Waals surface area contributed by atoms with Gasteiger partial charge in [0.1, 0.15) is 24.1 Å². The lowest BCUT2D eigenvalue weighted by Gasteiger charge is -2.09. The predicted molar refractivity (Wildman–Crippen MR) is 101 cm³/mol. The number of carbonyl (C=O) groups is 1. The number of amides is 1. The first kappa shape index (κ1) is 19.5. The van der Waals surface area contributed by atoms with Crippen LogP contribution in [0.25, 0.3) is 6.08 Å². The molecule has 2 rings (SSSR count). The topological polar surface area (TPSA) is 62.1 Å². The number of carbonyl (C=O) groups excluding carboxylic acids is 1. The number of hydrogen-bond donors (Lipinski definition) is 1. The zero-order valence-corrected chi connectivity index (χ0v) is 14.9. The van der Waals surface area contributed by atoms with Crippen LogP contribution in [-0.2, 0) is 4.79 Å². The van der Waals surface area contributed by atoms with Crippen LogP contribution in [0.2, 0.25) is 10.0 Å². The molecule has 4 nitrogen and oxygen atoms in total. The van der Waals surface area contributed by atoms with Gasteiger partial charge in [0.25, 0.3) is 5.91 Å². The maximum atomic E-state index is 13.6. The van der Waals surface area contributed by atoms with Crippen molar-refractivity contribution in [3.63, 3.8) is 0 Å². The number of para-hydroxylation sites is 1. The Morgan fingerprint density at radius 2 is 1.96 bits per heavy atom. The summed E-state index contributed by atoms with van der Waals surface area (Å²) in [4.78, 5) is 12.2. The monoisotopic (exact) mass is 390 g/mol. The number of halogens is 3. The number of anilines is 1. The average Bonchev–Trinajstić information content (AvgIpc) is 2.61. The van der Waals surface area contributed by atoms with Gasteiger partial charge in [-0.15, -0.1) is 0 Å². The first-order valence-electron chi connectivity index (χ1n) is 7.36. The van der Waals surface area contributed by atoms with Gasteiger partial charge in [0.05, 0.1) is 15.7 Å². The molecule has 0 fully saturated rings. The van der Waals surface area contributed by atoms with E-state index in [-0.39, 0.29) is 33.7 Å². The molecule has 26 heavy (non-hydrogen) atoms. The molecule has 2 aromatic rings. The predicted octanol–water partition coefficient (Wildman–Crippen LogP) is 5.24. The third kappa shape index (κ3) is 4.85. The van der Waals surface area contributed by atoms with Crippen LogP contribution in [0.4, 0.5) is 10.1 Å². The first-order valence-corrected chi connectivity index (χ1v) is 8.12. The summed E-state index contributed by atoms with van der Waals surface area (Å²) >= 11 is 12.2. The second-order valence-corrected chi connectivity index (χ2v) is 5.83. The van der Waals surface area contributed by atoms with Crippen LogP contribution in [0.3, 0.4) is 0 Å². The molecule has 1 N–H and O–H groups in total. The second-order valence-electron chi connectivity index (χ2n) is 5.02. The van der Waals surface area contributed by atoms with E-state index in [9.17, 15) is 14.4 Å². The van der Waals surface area contributed by atoms with Crippen LogP contribution in [0.5, 0.6) is 5.75 Å². The molecule has 1 amide bonds. The van der Waals surface area contributed by atoms with Crippen LogP contribution in [0.1, 0.15) is 5.56 Å². The van der Waals surface area contributed by atoms with Crippen molar-refractivity contribution in [1.82, 2.24) is 0 Å². The van der Waals surface area contributed by atoms with E-state index in [1.165, 1.54) is 36.4 Å². The molecule has 0 aromatic heterocycles. The molecule has 0 unspecified atom stereocenters. The molecule has 0 saturated carbocycles. The minimum atomic E-state index is -0.753. The zero-order valence-electron chi connectivity index (χ0n) is 13.4. The summed E-state index contributed by atoms with van der Waals surface area (Å²) < 4.78 is 19.0. The van der Waals surface area contributed by atoms with Gasteiger partial charge in [-0.25, -0.2) is 4.39 Å². The van der Waals surface area contributed by atoms with Crippen LogP contribution in [0, 0.1) is 17.1 Å². The number of nitrogens with one attached hydrogen (secondary N) is 1. The molecule has 0 saturated heterocycles. The van der Waals surface area contributed by atoms with Gasteiger partial charge in [-0.2, -0.15) is 5.26 Å². The highest BCUT2D eigenvalue weighted by Gasteiger charge is 2.14. The van der Waals surface area contributed by atoms with E-state index in [0.29, 0.717) is 5.56 Å². The Kier molecular flexibility index (Phi) is 6.79. The quantitative estimate of drug-likeness (QED) is 0.416. The molecule has 7 heteroatoms. The van der Waals surface area contributed by atoms with Gasteiger partial charge in [-0.1, -0.05) is 48.0 Å². The van der Waals surface area contributed by atoms with E-state index in [0.717, 1.165) is 0 Å². The van der Waals surface area contributed by atoms with E-state index in [4.69, 9.17) is 27.9 Å². The summed E-state index contributed by atoms with van der Waals surface area (Å²) in [5, 5.41) is 12.0. The van der Waals surface area contributed by atoms with Crippen LogP contribution in [0.15, 0.2) is 54.6 Å². The summed E-state index contributed by atoms with van der Waals surface area (Å²) in [6, 6.07) is 10.4. The lowest BCUT2D eigenvalue weighted by atomic mass is 10.1. The number of rotatable bonds is 6. The van der Waals surface area contributed by atoms with E-state index in [1.807, 2.05) is 0 Å². The standard InChI is InChI=1S/C19H13Cl2FN2O2/c1-2-7-26-18-14(20)9-12(10-15(18)21)8-13(11-23)19(25)24-17-6-4-3-5-16(17)22/h2-6,8-10H,1,7H2,(H,24,25)/b13-8+. The highest BCUT2D eigenvalue weighted by molar-refractivity contribution is 6.37. The molecule has 0 radical (unpaired) electrons. The third-order valence-corrected chi connectivity index (χ3v) is 3.73. The Balaban J connectivity index is 2.28. The van der Waals surface area contributed by atoms with E-state index >= 15 is 0 Å². The molecule has 0 aliphatic carbocycles. The third-order valence-electron chi connectivity index (χ3n) is 3.16. The number of benzene rings is 2. The van der Waals surface area contributed by atoms with Crippen molar-refractivity contribution in [2.45, 2.75) is 0 Å². The molecule has 0 aliphatic rings. The van der Waals surface area contributed by atoms with Gasteiger partial charge in [0.15, 0.2) is 5.75 Å². The molecule has 132 valence electrons. The number of ether oxygens (including phenoxy) is 1. The average molecular weight is 391 g/mol. The molecule has 0 aliphatic heterocycles. The fourth-order valence-corrected chi connectivity index (χ4v) is 2.62. The van der Waals surface area contributed by atoms with Crippen molar-refractivity contribution in [3.8, 4) is 11.8 Å². The Morgan fingerprint density at radius 1 is 1.31 bits per heavy atom. The van der Waals surface area contributed by atoms with Crippen LogP contribution < -0.4 is 10.1 Å². The molecule has 0 spiro atoms. The second kappa shape index (κ2) is 9.04. The van der Waals surface area contributed by atoms with Crippen molar-refractivity contribution in [3.05, 3.63) is 76.1 Å². The number of hydrogen-bond acceptors (Lipinski definition) is 3. The number of nitrogens with zero attached hydrogens (tertiary/aromatic N) is 1. The van der Waals surface area contributed by atoms with Gasteiger partial charge in [-0.05, 0) is 35.9 Å². The summed E-state index contributed by atoms with van der Waals surface area (Å²) in [7, 11) is 0. The smallest absolute Gasteiger partial charge is 0.266 e. The van der Waals surface area contributed by atoms with Crippen LogP contribution >= 0.6 is 23.2 Å². The van der Waals surface area contributed by atoms with Gasteiger partial charge < -0.3 is 10.1 Å². The maximum Gasteiger partial charge on any atom is 0.266 e. The molecule has 0 atom stereocenters. The molecular formula is C19H13Cl2FN2O2. The minimum absolute atomic E-state index is 0.0251. The zero-order chi connectivity index (χ0) is 19.1. The van der Waals surface area contributed by atoms with Gasteiger partial charge in [-0.3, -0.25) is 4.79 Å². The molecule has 0 heterocycles. The van der Waals surface area contributed by atoms with E-state index in [1.54, 1.807) is 18.2 Å². The fraction of sp³-hybridized carbons (Fsp3) is 0.0526. The van der Waals surface area contributed by atoms with Crippen molar-refractivity contribution < 1.29 is 13.9 Å². The van der Waals surface area contributed by atoms with E-state index in [2.05, 4.69) is 11.9 Å². The van der Waals surface area contributed by atoms with Gasteiger partial charge >= 0.3 is 0 Å². The highest BCUT2D eigenvalue weighted by atomic mass is 35.5. The van der Waals surface area contributed by atoms with Gasteiger partial charge in [0.2, 0.25) is 0 Å². The highest BCUT2D eigenvalue weighted by Crippen LogP contribution is 2.35.